The van der Waals surface area contributed by atoms with Gasteiger partial charge in [0.25, 0.3) is 10.2 Å². The number of nitrogens with two attached hydrogens (primary N) is 1. The molecule has 1 unspecified atom stereocenters. The fourth-order valence-corrected chi connectivity index (χ4v) is 4.60. The van der Waals surface area contributed by atoms with Crippen LogP contribution in [0, 0.1) is 5.92 Å². The largest absolute Gasteiger partial charge is 0.324 e. The Labute approximate surface area is 117 Å². The zero-order chi connectivity index (χ0) is 13.9. The van der Waals surface area contributed by atoms with Gasteiger partial charge in [0.1, 0.15) is 0 Å². The van der Waals surface area contributed by atoms with Gasteiger partial charge in [0.15, 0.2) is 0 Å². The van der Waals surface area contributed by atoms with Gasteiger partial charge in [0.2, 0.25) is 0 Å². The van der Waals surface area contributed by atoms with Crippen LogP contribution in [0.3, 0.4) is 0 Å². The first kappa shape index (κ1) is 15.2. The van der Waals surface area contributed by atoms with Crippen LogP contribution in [0.5, 0.6) is 0 Å². The average Bonchev–Trinajstić information content (AvgIpc) is 2.38. The van der Waals surface area contributed by atoms with Gasteiger partial charge in [-0.15, -0.1) is 0 Å². The molecule has 1 heterocycles. The van der Waals surface area contributed by atoms with Crippen molar-refractivity contribution in [3.05, 3.63) is 0 Å². The highest BCUT2D eigenvalue weighted by Crippen LogP contribution is 2.25. The van der Waals surface area contributed by atoms with E-state index in [0.29, 0.717) is 25.6 Å². The summed E-state index contributed by atoms with van der Waals surface area (Å²) in [6.45, 7) is 3.75. The molecule has 0 spiro atoms. The standard InChI is InChI=1S/C13H27N3O2S/c1-12-6-5-9-16(10-12)19(17,18)15-11-13(14)7-3-2-4-8-13/h12,15H,2-11,14H2,1H3. The molecule has 0 bridgehead atoms. The van der Waals surface area contributed by atoms with Gasteiger partial charge in [-0.25, -0.2) is 4.72 Å². The maximum absolute atomic E-state index is 12.3. The van der Waals surface area contributed by atoms with E-state index in [1.165, 1.54) is 6.42 Å². The summed E-state index contributed by atoms with van der Waals surface area (Å²) >= 11 is 0. The van der Waals surface area contributed by atoms with E-state index >= 15 is 0 Å². The fourth-order valence-electron chi connectivity index (χ4n) is 3.12. The molecule has 1 aliphatic heterocycles. The monoisotopic (exact) mass is 289 g/mol. The van der Waals surface area contributed by atoms with Gasteiger partial charge in [0, 0.05) is 25.2 Å². The van der Waals surface area contributed by atoms with Gasteiger partial charge >= 0.3 is 0 Å². The van der Waals surface area contributed by atoms with E-state index in [0.717, 1.165) is 38.5 Å². The van der Waals surface area contributed by atoms with E-state index in [1.54, 1.807) is 4.31 Å². The molecular formula is C13H27N3O2S. The van der Waals surface area contributed by atoms with Crippen LogP contribution in [0.2, 0.25) is 0 Å². The number of hydrogen-bond donors (Lipinski definition) is 2. The Hall–Kier alpha value is -0.170. The van der Waals surface area contributed by atoms with Crippen LogP contribution in [-0.4, -0.2) is 37.9 Å². The van der Waals surface area contributed by atoms with Crippen LogP contribution < -0.4 is 10.5 Å². The maximum Gasteiger partial charge on any atom is 0.279 e. The Bertz CT molecular complexity index is 391. The Morgan fingerprint density at radius 2 is 1.95 bits per heavy atom. The minimum absolute atomic E-state index is 0.341. The van der Waals surface area contributed by atoms with Crippen LogP contribution >= 0.6 is 0 Å². The molecule has 2 rings (SSSR count). The second-order valence-electron chi connectivity index (χ2n) is 6.35. The summed E-state index contributed by atoms with van der Waals surface area (Å²) in [6, 6.07) is 0. The molecule has 2 aliphatic rings. The lowest BCUT2D eigenvalue weighted by Crippen LogP contribution is -2.54. The van der Waals surface area contributed by atoms with Crippen molar-refractivity contribution in [2.45, 2.75) is 57.4 Å². The van der Waals surface area contributed by atoms with Crippen LogP contribution in [-0.2, 0) is 10.2 Å². The molecule has 2 fully saturated rings. The zero-order valence-corrected chi connectivity index (χ0v) is 12.7. The van der Waals surface area contributed by atoms with Gasteiger partial charge in [-0.3, -0.25) is 0 Å². The van der Waals surface area contributed by atoms with Crippen molar-refractivity contribution >= 4 is 10.2 Å². The highest BCUT2D eigenvalue weighted by molar-refractivity contribution is 7.87. The van der Waals surface area contributed by atoms with Crippen LogP contribution in [0.4, 0.5) is 0 Å². The summed E-state index contributed by atoms with van der Waals surface area (Å²) in [5, 5.41) is 0. The second kappa shape index (κ2) is 6.08. The van der Waals surface area contributed by atoms with Gasteiger partial charge in [-0.1, -0.05) is 26.2 Å². The quantitative estimate of drug-likeness (QED) is 0.817. The molecule has 1 atom stereocenters. The molecule has 3 N–H and O–H groups in total. The third kappa shape index (κ3) is 4.15. The number of piperidine rings is 1. The van der Waals surface area contributed by atoms with E-state index in [-0.39, 0.29) is 5.54 Å². The summed E-state index contributed by atoms with van der Waals surface area (Å²) < 4.78 is 28.9. The van der Waals surface area contributed by atoms with Crippen molar-refractivity contribution in [1.29, 1.82) is 0 Å². The number of nitrogens with one attached hydrogen (secondary N) is 1. The molecule has 0 aromatic heterocycles. The predicted octanol–water partition coefficient (Wildman–Crippen LogP) is 1.21. The van der Waals surface area contributed by atoms with Gasteiger partial charge < -0.3 is 5.73 Å². The van der Waals surface area contributed by atoms with Gasteiger partial charge in [-0.05, 0) is 31.6 Å². The van der Waals surface area contributed by atoms with Crippen molar-refractivity contribution in [2.24, 2.45) is 11.7 Å². The Morgan fingerprint density at radius 1 is 1.26 bits per heavy atom. The summed E-state index contributed by atoms with van der Waals surface area (Å²) in [5.41, 5.74) is 5.94. The molecule has 19 heavy (non-hydrogen) atoms. The zero-order valence-electron chi connectivity index (χ0n) is 11.9. The molecule has 1 saturated heterocycles. The van der Waals surface area contributed by atoms with Crippen LogP contribution in [0.15, 0.2) is 0 Å². The topological polar surface area (TPSA) is 75.4 Å². The third-order valence-electron chi connectivity index (χ3n) is 4.42. The van der Waals surface area contributed by atoms with Crippen molar-refractivity contribution in [2.75, 3.05) is 19.6 Å². The molecule has 6 heteroatoms. The molecule has 0 amide bonds. The maximum atomic E-state index is 12.3. The van der Waals surface area contributed by atoms with Crippen LogP contribution in [0.1, 0.15) is 51.9 Å². The molecular weight excluding hydrogens is 262 g/mol. The molecule has 5 nitrogen and oxygen atoms in total. The Morgan fingerprint density at radius 3 is 2.58 bits per heavy atom. The van der Waals surface area contributed by atoms with E-state index < -0.39 is 10.2 Å². The van der Waals surface area contributed by atoms with E-state index in [1.807, 2.05) is 0 Å². The minimum Gasteiger partial charge on any atom is -0.324 e. The van der Waals surface area contributed by atoms with Crippen molar-refractivity contribution < 1.29 is 8.42 Å². The molecule has 1 aliphatic carbocycles. The molecule has 0 aromatic carbocycles. The predicted molar refractivity (Wildman–Crippen MR) is 76.9 cm³/mol. The lowest BCUT2D eigenvalue weighted by Gasteiger charge is -2.35. The van der Waals surface area contributed by atoms with E-state index in [4.69, 9.17) is 5.73 Å². The highest BCUT2D eigenvalue weighted by Gasteiger charge is 2.32. The first-order valence-corrected chi connectivity index (χ1v) is 8.89. The normalized spacial score (nSPS) is 29.3. The summed E-state index contributed by atoms with van der Waals surface area (Å²) in [6.07, 6.45) is 7.35. The third-order valence-corrected chi connectivity index (χ3v) is 5.94. The molecule has 112 valence electrons. The van der Waals surface area contributed by atoms with Gasteiger partial charge in [-0.2, -0.15) is 12.7 Å². The number of nitrogens with zero attached hydrogens (tertiary/aromatic N) is 1. The number of rotatable bonds is 4. The molecule has 0 radical (unpaired) electrons. The Kier molecular flexibility index (Phi) is 4.87. The average molecular weight is 289 g/mol. The summed E-state index contributed by atoms with van der Waals surface area (Å²) in [7, 11) is -3.35. The lowest BCUT2D eigenvalue weighted by atomic mass is 9.83. The summed E-state index contributed by atoms with van der Waals surface area (Å²) in [4.78, 5) is 0. The van der Waals surface area contributed by atoms with E-state index in [9.17, 15) is 8.42 Å². The fraction of sp³-hybridized carbons (Fsp3) is 1.00. The minimum atomic E-state index is -3.35. The second-order valence-corrected chi connectivity index (χ2v) is 8.11. The Balaban J connectivity index is 1.89. The lowest BCUT2D eigenvalue weighted by molar-refractivity contribution is 0.268. The SMILES string of the molecule is CC1CCCN(S(=O)(=O)NCC2(N)CCCCC2)C1. The molecule has 0 aromatic rings. The number of hydrogen-bond acceptors (Lipinski definition) is 3. The smallest absolute Gasteiger partial charge is 0.279 e. The van der Waals surface area contributed by atoms with Gasteiger partial charge in [0.05, 0.1) is 0 Å². The van der Waals surface area contributed by atoms with Crippen molar-refractivity contribution in [3.63, 3.8) is 0 Å². The first-order chi connectivity index (χ1) is 8.91. The molecule has 1 saturated carbocycles. The highest BCUT2D eigenvalue weighted by atomic mass is 32.2. The van der Waals surface area contributed by atoms with Crippen LogP contribution in [0.25, 0.3) is 0 Å². The summed E-state index contributed by atoms with van der Waals surface area (Å²) in [5.74, 6) is 0.451. The van der Waals surface area contributed by atoms with Crippen molar-refractivity contribution in [1.82, 2.24) is 9.03 Å². The van der Waals surface area contributed by atoms with Crippen molar-refractivity contribution in [3.8, 4) is 0 Å². The first-order valence-electron chi connectivity index (χ1n) is 7.45. The van der Waals surface area contributed by atoms with E-state index in [2.05, 4.69) is 11.6 Å².